The van der Waals surface area contributed by atoms with Gasteiger partial charge in [-0.05, 0) is 19.3 Å². The van der Waals surface area contributed by atoms with Crippen LogP contribution in [-0.2, 0) is 14.4 Å². The third-order valence-corrected chi connectivity index (χ3v) is 7.69. The van der Waals surface area contributed by atoms with Crippen molar-refractivity contribution >= 4 is 5.97 Å². The molecule has 1 rings (SSSR count). The number of rotatable bonds is 21. The van der Waals surface area contributed by atoms with Crippen molar-refractivity contribution in [3.05, 3.63) is 0 Å². The molecule has 0 amide bonds. The monoisotopic (exact) mass is 455 g/mol. The van der Waals surface area contributed by atoms with E-state index in [1.54, 1.807) is 19.3 Å². The molecule has 1 aliphatic rings. The number of aliphatic carboxylic acids is 1. The Morgan fingerprint density at radius 1 is 0.750 bits per heavy atom. The van der Waals surface area contributed by atoms with E-state index in [1.165, 1.54) is 89.9 Å². The first-order valence-electron chi connectivity index (χ1n) is 13.6. The molecule has 0 radical (unpaired) electrons. The van der Waals surface area contributed by atoms with Gasteiger partial charge in [0.2, 0.25) is 5.72 Å². The summed E-state index contributed by atoms with van der Waals surface area (Å²) >= 11 is 0. The van der Waals surface area contributed by atoms with E-state index in [4.69, 9.17) is 9.57 Å². The lowest BCUT2D eigenvalue weighted by molar-refractivity contribution is -0.295. The summed E-state index contributed by atoms with van der Waals surface area (Å²) in [6.07, 6.45) is 22.8. The summed E-state index contributed by atoms with van der Waals surface area (Å²) in [5, 5.41) is 11.9. The number of methoxy groups -OCH3 is 1. The molecule has 1 aliphatic heterocycles. The Labute approximate surface area is 198 Å². The van der Waals surface area contributed by atoms with Crippen molar-refractivity contribution in [2.24, 2.45) is 5.41 Å². The molecule has 0 bridgehead atoms. The average molecular weight is 456 g/mol. The highest BCUT2D eigenvalue weighted by Crippen LogP contribution is 2.53. The van der Waals surface area contributed by atoms with Gasteiger partial charge in [0, 0.05) is 19.1 Å². The molecule has 5 heteroatoms. The van der Waals surface area contributed by atoms with Crippen LogP contribution in [0, 0.1) is 5.41 Å². The van der Waals surface area contributed by atoms with Crippen molar-refractivity contribution < 1.29 is 19.5 Å². The number of carboxylic acid groups (broad SMARTS) is 1. The zero-order valence-corrected chi connectivity index (χ0v) is 21.8. The molecule has 1 fully saturated rings. The second kappa shape index (κ2) is 16.9. The minimum Gasteiger partial charge on any atom is -0.478 e. The SMILES string of the molecule is CCCCCCCCCCC1(CCCCCCCCCC)CCN(OC)[C@]1(OC)C(=O)O. The summed E-state index contributed by atoms with van der Waals surface area (Å²) in [6.45, 7) is 5.12. The topological polar surface area (TPSA) is 59.0 Å². The highest BCUT2D eigenvalue weighted by Gasteiger charge is 2.65. The number of hydrogen-bond acceptors (Lipinski definition) is 4. The zero-order chi connectivity index (χ0) is 23.7. The minimum absolute atomic E-state index is 0.381. The fourth-order valence-corrected chi connectivity index (χ4v) is 5.77. The second-order valence-electron chi connectivity index (χ2n) is 9.92. The van der Waals surface area contributed by atoms with Crippen molar-refractivity contribution in [3.8, 4) is 0 Å². The molecular formula is C27H53NO4. The highest BCUT2D eigenvalue weighted by molar-refractivity contribution is 5.78. The number of ether oxygens (including phenoxy) is 1. The Kier molecular flexibility index (Phi) is 15.5. The molecule has 0 aromatic rings. The fourth-order valence-electron chi connectivity index (χ4n) is 5.77. The third kappa shape index (κ3) is 8.29. The fraction of sp³-hybridized carbons (Fsp3) is 0.963. The van der Waals surface area contributed by atoms with Crippen molar-refractivity contribution in [3.63, 3.8) is 0 Å². The summed E-state index contributed by atoms with van der Waals surface area (Å²) < 4.78 is 5.83. The molecule has 0 aliphatic carbocycles. The highest BCUT2D eigenvalue weighted by atomic mass is 16.7. The summed E-state index contributed by atoms with van der Waals surface area (Å²) in [7, 11) is 3.11. The molecule has 1 atom stereocenters. The number of carbonyl (C=O) groups is 1. The third-order valence-electron chi connectivity index (χ3n) is 7.69. The maximum absolute atomic E-state index is 12.6. The number of hydroxylamine groups is 2. The molecule has 1 heterocycles. The second-order valence-corrected chi connectivity index (χ2v) is 9.92. The first-order chi connectivity index (χ1) is 15.5. The van der Waals surface area contributed by atoms with Gasteiger partial charge in [0.05, 0.1) is 7.11 Å². The Bertz CT molecular complexity index is 464. The van der Waals surface area contributed by atoms with Gasteiger partial charge in [-0.1, -0.05) is 117 Å². The molecule has 1 saturated heterocycles. The summed E-state index contributed by atoms with van der Waals surface area (Å²) in [5.74, 6) is -0.904. The van der Waals surface area contributed by atoms with Crippen LogP contribution in [-0.4, -0.2) is 42.6 Å². The molecule has 5 nitrogen and oxygen atoms in total. The van der Waals surface area contributed by atoms with Gasteiger partial charge < -0.3 is 9.84 Å². The number of nitrogens with zero attached hydrogens (tertiary/aromatic N) is 1. The molecule has 0 aromatic heterocycles. The van der Waals surface area contributed by atoms with E-state index in [2.05, 4.69) is 13.8 Å². The Hall–Kier alpha value is -0.650. The van der Waals surface area contributed by atoms with Gasteiger partial charge in [-0.15, -0.1) is 5.06 Å². The lowest BCUT2D eigenvalue weighted by Crippen LogP contribution is -2.60. The van der Waals surface area contributed by atoms with Crippen LogP contribution in [0.4, 0.5) is 0 Å². The van der Waals surface area contributed by atoms with E-state index in [-0.39, 0.29) is 5.41 Å². The molecular weight excluding hydrogens is 402 g/mol. The lowest BCUT2D eigenvalue weighted by Gasteiger charge is -2.44. The van der Waals surface area contributed by atoms with Gasteiger partial charge in [-0.3, -0.25) is 4.84 Å². The largest absolute Gasteiger partial charge is 0.478 e. The maximum atomic E-state index is 12.6. The predicted octanol–water partition coefficient (Wildman–Crippen LogP) is 7.73. The molecule has 0 spiro atoms. The van der Waals surface area contributed by atoms with E-state index in [1.807, 2.05) is 0 Å². The van der Waals surface area contributed by atoms with Gasteiger partial charge in [-0.2, -0.15) is 0 Å². The molecule has 32 heavy (non-hydrogen) atoms. The standard InChI is InChI=1S/C27H53NO4/c1-5-7-9-11-13-15-17-19-21-26(22-20-18-16-14-12-10-8-6-2)23-24-28(32-4)27(26,31-3)25(29)30/h5-24H2,1-4H3,(H,29,30)/t27-/m0/s1. The van der Waals surface area contributed by atoms with Crippen molar-refractivity contribution in [2.45, 2.75) is 142 Å². The Balaban J connectivity index is 2.66. The van der Waals surface area contributed by atoms with Gasteiger partial charge >= 0.3 is 5.97 Å². The van der Waals surface area contributed by atoms with Crippen LogP contribution in [0.15, 0.2) is 0 Å². The van der Waals surface area contributed by atoms with Crippen LogP contribution in [0.3, 0.4) is 0 Å². The molecule has 0 aromatic carbocycles. The van der Waals surface area contributed by atoms with Gasteiger partial charge in [0.1, 0.15) is 0 Å². The average Bonchev–Trinajstić information content (AvgIpc) is 3.11. The lowest BCUT2D eigenvalue weighted by atomic mass is 9.69. The molecule has 0 saturated carbocycles. The minimum atomic E-state index is -1.37. The first-order valence-corrected chi connectivity index (χ1v) is 13.6. The van der Waals surface area contributed by atoms with Crippen LogP contribution in [0.5, 0.6) is 0 Å². The normalized spacial score (nSPS) is 20.8. The first kappa shape index (κ1) is 29.4. The van der Waals surface area contributed by atoms with Crippen molar-refractivity contribution in [2.75, 3.05) is 20.8 Å². The van der Waals surface area contributed by atoms with Crippen molar-refractivity contribution in [1.29, 1.82) is 0 Å². The smallest absolute Gasteiger partial charge is 0.354 e. The molecule has 190 valence electrons. The van der Waals surface area contributed by atoms with Gasteiger partial charge in [-0.25, -0.2) is 4.79 Å². The summed E-state index contributed by atoms with van der Waals surface area (Å²) in [4.78, 5) is 18.1. The van der Waals surface area contributed by atoms with E-state index in [0.29, 0.717) is 6.54 Å². The van der Waals surface area contributed by atoms with Crippen LogP contribution < -0.4 is 0 Å². The number of hydrogen-bond donors (Lipinski definition) is 1. The van der Waals surface area contributed by atoms with Crippen molar-refractivity contribution in [1.82, 2.24) is 5.06 Å². The van der Waals surface area contributed by atoms with Gasteiger partial charge in [0.25, 0.3) is 0 Å². The van der Waals surface area contributed by atoms with Crippen LogP contribution in [0.2, 0.25) is 0 Å². The molecule has 1 N–H and O–H groups in total. The summed E-state index contributed by atoms with van der Waals surface area (Å²) in [6, 6.07) is 0. The van der Waals surface area contributed by atoms with Crippen LogP contribution in [0.1, 0.15) is 136 Å². The Morgan fingerprint density at radius 2 is 1.16 bits per heavy atom. The van der Waals surface area contributed by atoms with Crippen LogP contribution >= 0.6 is 0 Å². The maximum Gasteiger partial charge on any atom is 0.354 e. The summed E-state index contributed by atoms with van der Waals surface area (Å²) in [5.41, 5.74) is -1.75. The van der Waals surface area contributed by atoms with E-state index in [0.717, 1.165) is 32.1 Å². The zero-order valence-electron chi connectivity index (χ0n) is 21.8. The van der Waals surface area contributed by atoms with E-state index < -0.39 is 11.7 Å². The Morgan fingerprint density at radius 3 is 1.50 bits per heavy atom. The molecule has 0 unspecified atom stereocenters. The number of carboxylic acids is 1. The van der Waals surface area contributed by atoms with Gasteiger partial charge in [0.15, 0.2) is 0 Å². The van der Waals surface area contributed by atoms with E-state index in [9.17, 15) is 9.90 Å². The predicted molar refractivity (Wildman–Crippen MR) is 133 cm³/mol. The quantitative estimate of drug-likeness (QED) is 0.179. The number of unbranched alkanes of at least 4 members (excludes halogenated alkanes) is 14. The van der Waals surface area contributed by atoms with Crippen LogP contribution in [0.25, 0.3) is 0 Å². The van der Waals surface area contributed by atoms with E-state index >= 15 is 0 Å².